The molecule has 110 valence electrons. The van der Waals surface area contributed by atoms with Crippen molar-refractivity contribution in [2.24, 2.45) is 0 Å². The summed E-state index contributed by atoms with van der Waals surface area (Å²) in [6, 6.07) is 6.07. The zero-order chi connectivity index (χ0) is 15.4. The largest absolute Gasteiger partial charge is 0.334 e. The van der Waals surface area contributed by atoms with Gasteiger partial charge in [0.05, 0.1) is 5.69 Å². The first-order chi connectivity index (χ1) is 10.1. The standard InChI is InChI=1S/C17H21N3O/c1-5-9-19-17(21)20-11-18-10-16(20)14(4)15-8-6-7-12(2)13(15)3/h5-8,10-11,14H,1,9H2,2-4H3,(H,19,21). The molecule has 1 unspecified atom stereocenters. The number of benzene rings is 1. The van der Waals surface area contributed by atoms with Crippen molar-refractivity contribution in [3.8, 4) is 0 Å². The van der Waals surface area contributed by atoms with Gasteiger partial charge >= 0.3 is 6.03 Å². The van der Waals surface area contributed by atoms with E-state index in [0.717, 1.165) is 5.69 Å². The Balaban J connectivity index is 2.34. The number of carbonyl (C=O) groups excluding carboxylic acids is 1. The van der Waals surface area contributed by atoms with Gasteiger partial charge in [0.2, 0.25) is 0 Å². The molecule has 1 heterocycles. The van der Waals surface area contributed by atoms with Crippen molar-refractivity contribution >= 4 is 6.03 Å². The van der Waals surface area contributed by atoms with Crippen LogP contribution in [0.15, 0.2) is 43.4 Å². The first-order valence-corrected chi connectivity index (χ1v) is 7.03. The summed E-state index contributed by atoms with van der Waals surface area (Å²) >= 11 is 0. The second-order valence-corrected chi connectivity index (χ2v) is 5.17. The van der Waals surface area contributed by atoms with Gasteiger partial charge in [-0.05, 0) is 30.5 Å². The SMILES string of the molecule is C=CCNC(=O)n1cncc1C(C)c1cccc(C)c1C. The molecule has 1 aromatic heterocycles. The zero-order valence-electron chi connectivity index (χ0n) is 12.8. The maximum Gasteiger partial charge on any atom is 0.327 e. The topological polar surface area (TPSA) is 46.9 Å². The fourth-order valence-corrected chi connectivity index (χ4v) is 2.44. The van der Waals surface area contributed by atoms with Crippen molar-refractivity contribution in [2.75, 3.05) is 6.54 Å². The molecule has 0 aliphatic heterocycles. The van der Waals surface area contributed by atoms with Crippen molar-refractivity contribution in [3.05, 3.63) is 65.8 Å². The molecule has 0 saturated carbocycles. The first kappa shape index (κ1) is 15.0. The van der Waals surface area contributed by atoms with Crippen LogP contribution in [0.1, 0.15) is 35.2 Å². The number of amides is 1. The third-order valence-corrected chi connectivity index (χ3v) is 3.84. The van der Waals surface area contributed by atoms with Crippen molar-refractivity contribution in [1.29, 1.82) is 0 Å². The summed E-state index contributed by atoms with van der Waals surface area (Å²) < 4.78 is 1.57. The number of nitrogens with zero attached hydrogens (tertiary/aromatic N) is 2. The molecule has 0 fully saturated rings. The molecule has 1 atom stereocenters. The van der Waals surface area contributed by atoms with Crippen LogP contribution in [0.2, 0.25) is 0 Å². The van der Waals surface area contributed by atoms with Gasteiger partial charge in [0.15, 0.2) is 0 Å². The summed E-state index contributed by atoms with van der Waals surface area (Å²) in [6.45, 7) is 10.3. The Kier molecular flexibility index (Phi) is 4.58. The smallest absolute Gasteiger partial charge is 0.327 e. The number of carbonyl (C=O) groups is 1. The number of nitrogens with one attached hydrogen (secondary N) is 1. The highest BCUT2D eigenvalue weighted by atomic mass is 16.2. The zero-order valence-corrected chi connectivity index (χ0v) is 12.8. The summed E-state index contributed by atoms with van der Waals surface area (Å²) in [5.41, 5.74) is 4.60. The molecule has 1 aromatic carbocycles. The average molecular weight is 283 g/mol. The minimum atomic E-state index is -0.181. The van der Waals surface area contributed by atoms with Gasteiger partial charge in [-0.3, -0.25) is 4.57 Å². The molecule has 0 aliphatic carbocycles. The molecular formula is C17H21N3O. The Morgan fingerprint density at radius 1 is 1.48 bits per heavy atom. The minimum absolute atomic E-state index is 0.0990. The molecule has 0 bridgehead atoms. The molecule has 2 rings (SSSR count). The summed E-state index contributed by atoms with van der Waals surface area (Å²) in [7, 11) is 0. The Labute approximate surface area is 125 Å². The van der Waals surface area contributed by atoms with Gasteiger partial charge < -0.3 is 5.32 Å². The van der Waals surface area contributed by atoms with Crippen LogP contribution in [0.25, 0.3) is 0 Å². The highest BCUT2D eigenvalue weighted by Gasteiger charge is 2.18. The fraction of sp³-hybridized carbons (Fsp3) is 0.294. The Bertz CT molecular complexity index is 658. The number of hydrogen-bond acceptors (Lipinski definition) is 2. The summed E-state index contributed by atoms with van der Waals surface area (Å²) in [5.74, 6) is 0.0990. The lowest BCUT2D eigenvalue weighted by Crippen LogP contribution is -2.29. The molecule has 0 radical (unpaired) electrons. The van der Waals surface area contributed by atoms with Crippen LogP contribution in [0.5, 0.6) is 0 Å². The van der Waals surface area contributed by atoms with Crippen molar-refractivity contribution in [1.82, 2.24) is 14.9 Å². The maximum absolute atomic E-state index is 12.1. The van der Waals surface area contributed by atoms with E-state index in [9.17, 15) is 4.79 Å². The van der Waals surface area contributed by atoms with Gasteiger partial charge in [-0.25, -0.2) is 9.78 Å². The van der Waals surface area contributed by atoms with Crippen LogP contribution in [-0.4, -0.2) is 22.1 Å². The molecule has 4 nitrogen and oxygen atoms in total. The maximum atomic E-state index is 12.1. The van der Waals surface area contributed by atoms with E-state index in [-0.39, 0.29) is 11.9 Å². The highest BCUT2D eigenvalue weighted by molar-refractivity contribution is 5.77. The predicted octanol–water partition coefficient (Wildman–Crippen LogP) is 3.40. The number of hydrogen-bond donors (Lipinski definition) is 1. The molecule has 2 aromatic rings. The highest BCUT2D eigenvalue weighted by Crippen LogP contribution is 2.27. The molecule has 0 spiro atoms. The van der Waals surface area contributed by atoms with Gasteiger partial charge in [-0.1, -0.05) is 31.2 Å². The third kappa shape index (κ3) is 3.05. The fourth-order valence-electron chi connectivity index (χ4n) is 2.44. The van der Waals surface area contributed by atoms with Crippen LogP contribution in [0.4, 0.5) is 4.79 Å². The van der Waals surface area contributed by atoms with Gasteiger partial charge in [0.1, 0.15) is 6.33 Å². The van der Waals surface area contributed by atoms with E-state index in [4.69, 9.17) is 0 Å². The van der Waals surface area contributed by atoms with Crippen LogP contribution >= 0.6 is 0 Å². The van der Waals surface area contributed by atoms with Crippen LogP contribution in [0.3, 0.4) is 0 Å². The quantitative estimate of drug-likeness (QED) is 0.874. The van der Waals surface area contributed by atoms with Crippen molar-refractivity contribution < 1.29 is 4.79 Å². The molecule has 1 N–H and O–H groups in total. The van der Waals surface area contributed by atoms with Crippen LogP contribution in [0, 0.1) is 13.8 Å². The molecule has 0 aliphatic rings. The van der Waals surface area contributed by atoms with E-state index in [1.165, 1.54) is 16.7 Å². The number of imidazole rings is 1. The lowest BCUT2D eigenvalue weighted by molar-refractivity contribution is 0.242. The number of aryl methyl sites for hydroxylation is 1. The second-order valence-electron chi connectivity index (χ2n) is 5.17. The number of aromatic nitrogens is 2. The molecule has 21 heavy (non-hydrogen) atoms. The second kappa shape index (κ2) is 6.39. The van der Waals surface area contributed by atoms with E-state index in [1.54, 1.807) is 23.2 Å². The molecule has 0 saturated heterocycles. The van der Waals surface area contributed by atoms with Gasteiger partial charge in [-0.15, -0.1) is 6.58 Å². The van der Waals surface area contributed by atoms with Gasteiger partial charge in [0.25, 0.3) is 0 Å². The van der Waals surface area contributed by atoms with Gasteiger partial charge in [0, 0.05) is 18.7 Å². The van der Waals surface area contributed by atoms with Crippen LogP contribution in [-0.2, 0) is 0 Å². The summed E-state index contributed by atoms with van der Waals surface area (Å²) in [4.78, 5) is 16.3. The molecule has 4 heteroatoms. The summed E-state index contributed by atoms with van der Waals surface area (Å²) in [5, 5.41) is 2.77. The predicted molar refractivity (Wildman–Crippen MR) is 84.7 cm³/mol. The monoisotopic (exact) mass is 283 g/mol. The third-order valence-electron chi connectivity index (χ3n) is 3.84. The average Bonchev–Trinajstić information content (AvgIpc) is 2.96. The van der Waals surface area contributed by atoms with Crippen LogP contribution < -0.4 is 5.32 Å². The molecular weight excluding hydrogens is 262 g/mol. The summed E-state index contributed by atoms with van der Waals surface area (Å²) in [6.07, 6.45) is 4.96. The van der Waals surface area contributed by atoms with E-state index in [2.05, 4.69) is 49.8 Å². The van der Waals surface area contributed by atoms with E-state index >= 15 is 0 Å². The van der Waals surface area contributed by atoms with Gasteiger partial charge in [-0.2, -0.15) is 0 Å². The number of rotatable bonds is 4. The minimum Gasteiger partial charge on any atom is -0.334 e. The normalized spacial score (nSPS) is 12.0. The van der Waals surface area contributed by atoms with Crippen molar-refractivity contribution in [2.45, 2.75) is 26.7 Å². The Morgan fingerprint density at radius 3 is 2.95 bits per heavy atom. The van der Waals surface area contributed by atoms with E-state index in [0.29, 0.717) is 6.54 Å². The Hall–Kier alpha value is -2.36. The van der Waals surface area contributed by atoms with E-state index in [1.807, 2.05) is 6.07 Å². The molecule has 1 amide bonds. The van der Waals surface area contributed by atoms with Crippen molar-refractivity contribution in [3.63, 3.8) is 0 Å². The van der Waals surface area contributed by atoms with E-state index < -0.39 is 0 Å². The lowest BCUT2D eigenvalue weighted by atomic mass is 9.91. The Morgan fingerprint density at radius 2 is 2.24 bits per heavy atom. The first-order valence-electron chi connectivity index (χ1n) is 7.03. The lowest BCUT2D eigenvalue weighted by Gasteiger charge is -2.17.